The molecule has 9 N–H and O–H groups in total. The molecule has 3 aromatic rings. The van der Waals surface area contributed by atoms with Crippen molar-refractivity contribution in [3.8, 4) is 22.5 Å². The van der Waals surface area contributed by atoms with Crippen molar-refractivity contribution < 1.29 is 21.6 Å². The number of nitrogens with zero attached hydrogens (tertiary/aromatic N) is 3. The van der Waals surface area contributed by atoms with E-state index in [1.807, 2.05) is 0 Å². The number of hydrogen-bond acceptors (Lipinski definition) is 11. The number of para-hydroxylation sites is 1. The lowest BCUT2D eigenvalue weighted by atomic mass is 9.95. The second-order valence-electron chi connectivity index (χ2n) is 8.13. The summed E-state index contributed by atoms with van der Waals surface area (Å²) in [4.78, 5) is 11.7. The summed E-state index contributed by atoms with van der Waals surface area (Å²) < 4.78 is 51.3. The van der Waals surface area contributed by atoms with E-state index in [4.69, 9.17) is 16.6 Å². The molecule has 1 atom stereocenters. The predicted octanol–water partition coefficient (Wildman–Crippen LogP) is -1.41. The zero-order chi connectivity index (χ0) is 26.1. The standard InChI is InChI=1S/C20H25N9O5S2/c21-7-9-35(31,32)15-5-4-12(16(18(15)36(23,33)34)19-26-28-29-27-19)13-2-1-3-14(17(13)22)20(30)25-11-6-8-24-10-11/h1-5,11,24H,6-10,21-22H2,(H,25,30)(H2,23,33,34)(H,26,27,28,29)/t11-/m1/s1. The molecular formula is C20H25N9O5S2. The third kappa shape index (κ3) is 4.93. The van der Waals surface area contributed by atoms with E-state index in [2.05, 4.69) is 31.3 Å². The first-order valence-electron chi connectivity index (χ1n) is 10.8. The van der Waals surface area contributed by atoms with Crippen LogP contribution in [0.2, 0.25) is 0 Å². The number of benzene rings is 2. The Morgan fingerprint density at radius 2 is 1.92 bits per heavy atom. The summed E-state index contributed by atoms with van der Waals surface area (Å²) in [5, 5.41) is 25.0. The van der Waals surface area contributed by atoms with Gasteiger partial charge < -0.3 is 22.1 Å². The highest BCUT2D eigenvalue weighted by molar-refractivity contribution is 7.93. The van der Waals surface area contributed by atoms with Crippen molar-refractivity contribution in [3.63, 3.8) is 0 Å². The van der Waals surface area contributed by atoms with Crippen molar-refractivity contribution in [2.45, 2.75) is 22.3 Å². The zero-order valence-corrected chi connectivity index (χ0v) is 20.6. The van der Waals surface area contributed by atoms with Crippen LogP contribution in [0.25, 0.3) is 22.5 Å². The van der Waals surface area contributed by atoms with Crippen LogP contribution in [0.1, 0.15) is 16.8 Å². The average Bonchev–Trinajstić information content (AvgIpc) is 3.52. The highest BCUT2D eigenvalue weighted by atomic mass is 32.2. The number of sulfonamides is 1. The molecule has 36 heavy (non-hydrogen) atoms. The maximum absolute atomic E-state index is 12.9. The van der Waals surface area contributed by atoms with Crippen LogP contribution in [0.3, 0.4) is 0 Å². The number of carbonyl (C=O) groups excluding carboxylic acids is 1. The highest BCUT2D eigenvalue weighted by Gasteiger charge is 2.32. The minimum absolute atomic E-state index is 0.0450. The van der Waals surface area contributed by atoms with Gasteiger partial charge in [-0.05, 0) is 35.9 Å². The minimum Gasteiger partial charge on any atom is -0.398 e. The zero-order valence-electron chi connectivity index (χ0n) is 18.9. The molecule has 1 aliphatic rings. The fraction of sp³-hybridized carbons (Fsp3) is 0.300. The van der Waals surface area contributed by atoms with Gasteiger partial charge in [0.05, 0.1) is 27.5 Å². The lowest BCUT2D eigenvalue weighted by Crippen LogP contribution is -2.36. The van der Waals surface area contributed by atoms with Gasteiger partial charge in [-0.15, -0.1) is 10.2 Å². The molecule has 0 spiro atoms. The first kappa shape index (κ1) is 25.6. The van der Waals surface area contributed by atoms with Crippen LogP contribution in [0.15, 0.2) is 40.1 Å². The van der Waals surface area contributed by atoms with Crippen LogP contribution in [-0.4, -0.2) is 74.8 Å². The molecule has 1 aromatic heterocycles. The molecule has 192 valence electrons. The molecule has 1 aliphatic heterocycles. The van der Waals surface area contributed by atoms with E-state index in [9.17, 15) is 21.6 Å². The van der Waals surface area contributed by atoms with Gasteiger partial charge in [-0.25, -0.2) is 22.0 Å². The molecule has 0 radical (unpaired) electrons. The van der Waals surface area contributed by atoms with Crippen molar-refractivity contribution in [2.24, 2.45) is 10.9 Å². The van der Waals surface area contributed by atoms with Gasteiger partial charge in [0.15, 0.2) is 9.84 Å². The molecular weight excluding hydrogens is 510 g/mol. The second kappa shape index (κ2) is 9.90. The van der Waals surface area contributed by atoms with E-state index in [1.54, 1.807) is 12.1 Å². The quantitative estimate of drug-likeness (QED) is 0.183. The SMILES string of the molecule is NCCS(=O)(=O)c1ccc(-c2cccc(C(=O)N[C@@H]3CCNC3)c2N)c(-c2nn[nH]n2)c1S(N)(=O)=O. The monoisotopic (exact) mass is 535 g/mol. The summed E-state index contributed by atoms with van der Waals surface area (Å²) >= 11 is 0. The Morgan fingerprint density at radius 3 is 2.53 bits per heavy atom. The molecule has 2 aromatic carbocycles. The normalized spacial score (nSPS) is 16.2. The third-order valence-electron chi connectivity index (χ3n) is 5.73. The number of carbonyl (C=O) groups is 1. The van der Waals surface area contributed by atoms with Gasteiger partial charge in [0.25, 0.3) is 5.91 Å². The molecule has 1 amide bonds. The third-order valence-corrected chi connectivity index (χ3v) is 8.64. The van der Waals surface area contributed by atoms with Gasteiger partial charge >= 0.3 is 0 Å². The number of tetrazole rings is 1. The van der Waals surface area contributed by atoms with Gasteiger partial charge in [-0.2, -0.15) is 5.21 Å². The van der Waals surface area contributed by atoms with Crippen LogP contribution in [0, 0.1) is 0 Å². The van der Waals surface area contributed by atoms with Crippen molar-refractivity contribution in [2.75, 3.05) is 31.1 Å². The smallest absolute Gasteiger partial charge is 0.253 e. The molecule has 0 saturated carbocycles. The molecule has 0 aliphatic carbocycles. The number of H-pyrrole nitrogens is 1. The van der Waals surface area contributed by atoms with E-state index in [0.29, 0.717) is 6.54 Å². The number of aromatic nitrogens is 4. The fourth-order valence-electron chi connectivity index (χ4n) is 4.11. The Bertz CT molecular complexity index is 1500. The van der Waals surface area contributed by atoms with Gasteiger partial charge in [0, 0.05) is 24.7 Å². The molecule has 0 unspecified atom stereocenters. The Morgan fingerprint density at radius 1 is 1.14 bits per heavy atom. The van der Waals surface area contributed by atoms with Crippen molar-refractivity contribution in [1.82, 2.24) is 31.3 Å². The number of sulfone groups is 1. The van der Waals surface area contributed by atoms with E-state index >= 15 is 0 Å². The number of hydrogen-bond donors (Lipinski definition) is 6. The van der Waals surface area contributed by atoms with Gasteiger partial charge in [0.1, 0.15) is 4.90 Å². The van der Waals surface area contributed by atoms with E-state index in [0.717, 1.165) is 19.0 Å². The molecule has 1 saturated heterocycles. The summed E-state index contributed by atoms with van der Waals surface area (Å²) in [5.74, 6) is -1.16. The summed E-state index contributed by atoms with van der Waals surface area (Å²) in [6, 6.07) is 7.08. The molecule has 0 bridgehead atoms. The fourth-order valence-corrected chi connectivity index (χ4v) is 6.86. The van der Waals surface area contributed by atoms with E-state index in [1.165, 1.54) is 12.1 Å². The number of primary sulfonamides is 1. The second-order valence-corrected chi connectivity index (χ2v) is 11.7. The van der Waals surface area contributed by atoms with Crippen LogP contribution < -0.4 is 27.2 Å². The summed E-state index contributed by atoms with van der Waals surface area (Å²) in [5.41, 5.74) is 12.2. The molecule has 1 fully saturated rings. The minimum atomic E-state index is -4.65. The number of nitrogens with one attached hydrogen (secondary N) is 3. The van der Waals surface area contributed by atoms with Crippen molar-refractivity contribution in [3.05, 3.63) is 35.9 Å². The van der Waals surface area contributed by atoms with Crippen LogP contribution in [-0.2, 0) is 19.9 Å². The molecule has 2 heterocycles. The maximum atomic E-state index is 12.9. The van der Waals surface area contributed by atoms with Crippen LogP contribution in [0.5, 0.6) is 0 Å². The number of amides is 1. The lowest BCUT2D eigenvalue weighted by Gasteiger charge is -2.18. The molecule has 14 nitrogen and oxygen atoms in total. The predicted molar refractivity (Wildman–Crippen MR) is 131 cm³/mol. The topological polar surface area (TPSA) is 242 Å². The van der Waals surface area contributed by atoms with Gasteiger partial charge in [-0.3, -0.25) is 4.79 Å². The number of rotatable bonds is 8. The first-order chi connectivity index (χ1) is 17.0. The summed E-state index contributed by atoms with van der Waals surface area (Å²) in [6.07, 6.45) is 0.768. The van der Waals surface area contributed by atoms with Gasteiger partial charge in [0.2, 0.25) is 15.8 Å². The van der Waals surface area contributed by atoms with Crippen molar-refractivity contribution >= 4 is 31.5 Å². The van der Waals surface area contributed by atoms with Crippen LogP contribution >= 0.6 is 0 Å². The molecule has 4 rings (SSSR count). The Labute approximate surface area is 207 Å². The summed E-state index contributed by atoms with van der Waals surface area (Å²) in [6.45, 7) is 1.17. The highest BCUT2D eigenvalue weighted by Crippen LogP contribution is 2.41. The lowest BCUT2D eigenvalue weighted by molar-refractivity contribution is 0.0941. The van der Waals surface area contributed by atoms with Gasteiger partial charge in [-0.1, -0.05) is 18.2 Å². The molecule has 16 heteroatoms. The number of anilines is 1. The van der Waals surface area contributed by atoms with Crippen LogP contribution in [0.4, 0.5) is 5.69 Å². The van der Waals surface area contributed by atoms with E-state index in [-0.39, 0.29) is 46.4 Å². The number of aromatic amines is 1. The number of nitrogens with two attached hydrogens (primary N) is 3. The van der Waals surface area contributed by atoms with E-state index < -0.39 is 41.3 Å². The Balaban J connectivity index is 1.97. The summed E-state index contributed by atoms with van der Waals surface area (Å²) in [7, 11) is -8.80. The Hall–Kier alpha value is -3.44. The first-order valence-corrected chi connectivity index (χ1v) is 14.0. The van der Waals surface area contributed by atoms with Crippen molar-refractivity contribution in [1.29, 1.82) is 0 Å². The number of nitrogen functional groups attached to an aromatic ring is 1. The average molecular weight is 536 g/mol. The largest absolute Gasteiger partial charge is 0.398 e. The maximum Gasteiger partial charge on any atom is 0.253 e. The Kier molecular flexibility index (Phi) is 7.05.